The van der Waals surface area contributed by atoms with Gasteiger partial charge in [-0.1, -0.05) is 41.4 Å². The summed E-state index contributed by atoms with van der Waals surface area (Å²) in [6.07, 6.45) is 5.22. The van der Waals surface area contributed by atoms with Crippen LogP contribution in [0.3, 0.4) is 0 Å². The number of amides is 2. The van der Waals surface area contributed by atoms with Crippen molar-refractivity contribution >= 4 is 35.0 Å². The van der Waals surface area contributed by atoms with E-state index in [0.29, 0.717) is 28.5 Å². The van der Waals surface area contributed by atoms with E-state index in [1.165, 1.54) is 4.90 Å². The SMILES string of the molecule is O=C1C2CC=CCC2C(=O)N1Cc1c(Cl)cccc1Cl. The van der Waals surface area contributed by atoms with Crippen molar-refractivity contribution in [2.75, 3.05) is 0 Å². The Hall–Kier alpha value is -1.32. The summed E-state index contributed by atoms with van der Waals surface area (Å²) in [6, 6.07) is 5.16. The number of carbonyl (C=O) groups excluding carboxylic acids is 2. The third kappa shape index (κ3) is 2.15. The first-order valence-corrected chi connectivity index (χ1v) is 7.28. The van der Waals surface area contributed by atoms with Crippen LogP contribution in [-0.4, -0.2) is 16.7 Å². The number of rotatable bonds is 2. The van der Waals surface area contributed by atoms with Gasteiger partial charge in [-0.2, -0.15) is 0 Å². The lowest BCUT2D eigenvalue weighted by Crippen LogP contribution is -2.30. The summed E-state index contributed by atoms with van der Waals surface area (Å²) < 4.78 is 0. The number of allylic oxidation sites excluding steroid dienone is 2. The molecule has 0 N–H and O–H groups in total. The van der Waals surface area contributed by atoms with E-state index >= 15 is 0 Å². The van der Waals surface area contributed by atoms with E-state index in [2.05, 4.69) is 0 Å². The van der Waals surface area contributed by atoms with Crippen LogP contribution < -0.4 is 0 Å². The molecule has 3 rings (SSSR count). The molecule has 1 aromatic carbocycles. The summed E-state index contributed by atoms with van der Waals surface area (Å²) in [7, 11) is 0. The molecule has 1 fully saturated rings. The smallest absolute Gasteiger partial charge is 0.233 e. The van der Waals surface area contributed by atoms with Gasteiger partial charge in [0, 0.05) is 15.6 Å². The molecule has 1 aliphatic carbocycles. The number of nitrogens with zero attached hydrogens (tertiary/aromatic N) is 1. The summed E-state index contributed by atoms with van der Waals surface area (Å²) in [5, 5.41) is 0.956. The molecule has 0 aromatic heterocycles. The van der Waals surface area contributed by atoms with E-state index in [0.717, 1.165) is 0 Å². The van der Waals surface area contributed by atoms with Crippen LogP contribution in [0.15, 0.2) is 30.4 Å². The first-order chi connectivity index (χ1) is 9.59. The number of halogens is 2. The molecule has 0 bridgehead atoms. The van der Waals surface area contributed by atoms with Gasteiger partial charge in [0.05, 0.1) is 18.4 Å². The van der Waals surface area contributed by atoms with Crippen molar-refractivity contribution in [1.29, 1.82) is 0 Å². The van der Waals surface area contributed by atoms with Crippen molar-refractivity contribution in [2.45, 2.75) is 19.4 Å². The Bertz CT molecular complexity index is 566. The van der Waals surface area contributed by atoms with E-state index in [9.17, 15) is 9.59 Å². The van der Waals surface area contributed by atoms with Gasteiger partial charge < -0.3 is 0 Å². The molecule has 0 saturated carbocycles. The number of likely N-dealkylation sites (tertiary alicyclic amines) is 1. The van der Waals surface area contributed by atoms with Gasteiger partial charge in [0.2, 0.25) is 11.8 Å². The zero-order valence-corrected chi connectivity index (χ0v) is 12.2. The van der Waals surface area contributed by atoms with E-state index in [1.807, 2.05) is 12.2 Å². The largest absolute Gasteiger partial charge is 0.277 e. The molecule has 1 heterocycles. The molecule has 2 unspecified atom stereocenters. The minimum Gasteiger partial charge on any atom is -0.277 e. The second kappa shape index (κ2) is 5.23. The lowest BCUT2D eigenvalue weighted by Gasteiger charge is -2.16. The number of benzene rings is 1. The van der Waals surface area contributed by atoms with E-state index < -0.39 is 0 Å². The van der Waals surface area contributed by atoms with Crippen molar-refractivity contribution < 1.29 is 9.59 Å². The molecule has 5 heteroatoms. The summed E-state index contributed by atoms with van der Waals surface area (Å²) in [5.74, 6) is -0.650. The van der Waals surface area contributed by atoms with Crippen LogP contribution in [0.1, 0.15) is 18.4 Å². The Morgan fingerprint density at radius 2 is 1.50 bits per heavy atom. The quantitative estimate of drug-likeness (QED) is 0.620. The van der Waals surface area contributed by atoms with Gasteiger partial charge in [-0.3, -0.25) is 14.5 Å². The van der Waals surface area contributed by atoms with Gasteiger partial charge in [0.15, 0.2) is 0 Å². The first-order valence-electron chi connectivity index (χ1n) is 6.52. The number of carbonyl (C=O) groups is 2. The Morgan fingerprint density at radius 3 is 2.00 bits per heavy atom. The highest BCUT2D eigenvalue weighted by molar-refractivity contribution is 6.36. The fraction of sp³-hybridized carbons (Fsp3) is 0.333. The van der Waals surface area contributed by atoms with Crippen molar-refractivity contribution in [2.24, 2.45) is 11.8 Å². The summed E-state index contributed by atoms with van der Waals surface area (Å²) in [5.41, 5.74) is 0.629. The summed E-state index contributed by atoms with van der Waals surface area (Å²) >= 11 is 12.2. The number of hydrogen-bond acceptors (Lipinski definition) is 2. The molecule has 2 atom stereocenters. The second-order valence-electron chi connectivity index (χ2n) is 5.12. The number of imide groups is 1. The highest BCUT2D eigenvalue weighted by Gasteiger charge is 2.47. The van der Waals surface area contributed by atoms with Crippen LogP contribution in [0.4, 0.5) is 0 Å². The zero-order valence-electron chi connectivity index (χ0n) is 10.7. The Labute approximate surface area is 127 Å². The van der Waals surface area contributed by atoms with Crippen LogP contribution >= 0.6 is 23.2 Å². The van der Waals surface area contributed by atoms with Crippen LogP contribution in [0.5, 0.6) is 0 Å². The van der Waals surface area contributed by atoms with E-state index in [4.69, 9.17) is 23.2 Å². The minimum atomic E-state index is -0.214. The fourth-order valence-electron chi connectivity index (χ4n) is 2.87. The highest BCUT2D eigenvalue weighted by atomic mass is 35.5. The van der Waals surface area contributed by atoms with Crippen LogP contribution in [0.25, 0.3) is 0 Å². The van der Waals surface area contributed by atoms with Crippen molar-refractivity contribution in [3.63, 3.8) is 0 Å². The number of fused-ring (bicyclic) bond motifs is 1. The zero-order chi connectivity index (χ0) is 14.3. The van der Waals surface area contributed by atoms with Gasteiger partial charge in [-0.15, -0.1) is 0 Å². The summed E-state index contributed by atoms with van der Waals surface area (Å²) in [6.45, 7) is 0.156. The fourth-order valence-corrected chi connectivity index (χ4v) is 3.38. The molecule has 0 radical (unpaired) electrons. The molecule has 20 heavy (non-hydrogen) atoms. The van der Waals surface area contributed by atoms with Crippen LogP contribution in [-0.2, 0) is 16.1 Å². The molecule has 1 aliphatic heterocycles. The molecule has 104 valence electrons. The van der Waals surface area contributed by atoms with Gasteiger partial charge in [0.1, 0.15) is 0 Å². The lowest BCUT2D eigenvalue weighted by molar-refractivity contribution is -0.140. The van der Waals surface area contributed by atoms with Crippen LogP contribution in [0.2, 0.25) is 10.0 Å². The monoisotopic (exact) mass is 309 g/mol. The second-order valence-corrected chi connectivity index (χ2v) is 5.93. The van der Waals surface area contributed by atoms with E-state index in [-0.39, 0.29) is 30.2 Å². The molecule has 0 spiro atoms. The molecule has 2 aliphatic rings. The minimum absolute atomic E-state index is 0.111. The maximum atomic E-state index is 12.4. The maximum absolute atomic E-state index is 12.4. The van der Waals surface area contributed by atoms with Crippen molar-refractivity contribution in [1.82, 2.24) is 4.90 Å². The molecular formula is C15H13Cl2NO2. The average molecular weight is 310 g/mol. The normalized spacial score (nSPS) is 25.2. The Kier molecular flexibility index (Phi) is 3.57. The molecule has 1 aromatic rings. The standard InChI is InChI=1S/C15H13Cl2NO2/c16-12-6-3-7-13(17)11(12)8-18-14(19)9-4-1-2-5-10(9)15(18)20/h1-3,6-7,9-10H,4-5,8H2. The molecule has 1 saturated heterocycles. The van der Waals surface area contributed by atoms with Gasteiger partial charge >= 0.3 is 0 Å². The number of hydrogen-bond donors (Lipinski definition) is 0. The predicted molar refractivity (Wildman–Crippen MR) is 77.4 cm³/mol. The van der Waals surface area contributed by atoms with Gasteiger partial charge in [-0.05, 0) is 25.0 Å². The highest BCUT2D eigenvalue weighted by Crippen LogP contribution is 2.37. The first kappa shape index (κ1) is 13.7. The lowest BCUT2D eigenvalue weighted by atomic mass is 9.85. The molecule has 3 nitrogen and oxygen atoms in total. The molecular weight excluding hydrogens is 297 g/mol. The Morgan fingerprint density at radius 1 is 1.00 bits per heavy atom. The summed E-state index contributed by atoms with van der Waals surface area (Å²) in [4.78, 5) is 26.0. The van der Waals surface area contributed by atoms with E-state index in [1.54, 1.807) is 18.2 Å². The average Bonchev–Trinajstić information content (AvgIpc) is 2.68. The topological polar surface area (TPSA) is 37.4 Å². The third-order valence-electron chi connectivity index (χ3n) is 3.98. The van der Waals surface area contributed by atoms with Crippen molar-refractivity contribution in [3.8, 4) is 0 Å². The predicted octanol–water partition coefficient (Wildman–Crippen LogP) is 3.44. The van der Waals surface area contributed by atoms with Crippen molar-refractivity contribution in [3.05, 3.63) is 46.0 Å². The van der Waals surface area contributed by atoms with Crippen LogP contribution in [0, 0.1) is 11.8 Å². The Balaban J connectivity index is 1.88. The van der Waals surface area contributed by atoms with Gasteiger partial charge in [-0.25, -0.2) is 0 Å². The molecule has 2 amide bonds. The maximum Gasteiger partial charge on any atom is 0.233 e. The van der Waals surface area contributed by atoms with Gasteiger partial charge in [0.25, 0.3) is 0 Å². The third-order valence-corrected chi connectivity index (χ3v) is 4.68.